The number of anilines is 1. The van der Waals surface area contributed by atoms with Crippen LogP contribution in [0.5, 0.6) is 0 Å². The first-order valence-electron chi connectivity index (χ1n) is 5.69. The van der Waals surface area contributed by atoms with E-state index in [0.29, 0.717) is 0 Å². The standard InChI is InChI=1S/C13H18N2O/c1-10-4-3-5-11(8-10)15-12(16)13(2)6-7-14-9-13/h3-5,8,14H,6-7,9H2,1-2H3,(H,15,16). The molecule has 3 heteroatoms. The molecule has 1 fully saturated rings. The molecule has 0 spiro atoms. The third-order valence-electron chi connectivity index (χ3n) is 3.19. The molecule has 1 aromatic rings. The summed E-state index contributed by atoms with van der Waals surface area (Å²) in [6, 6.07) is 7.90. The van der Waals surface area contributed by atoms with Crippen LogP contribution in [0.1, 0.15) is 18.9 Å². The molecule has 3 nitrogen and oxygen atoms in total. The van der Waals surface area contributed by atoms with Crippen molar-refractivity contribution in [1.29, 1.82) is 0 Å². The molecule has 1 atom stereocenters. The quantitative estimate of drug-likeness (QED) is 0.796. The molecule has 2 N–H and O–H groups in total. The fourth-order valence-electron chi connectivity index (χ4n) is 2.02. The highest BCUT2D eigenvalue weighted by Gasteiger charge is 2.36. The van der Waals surface area contributed by atoms with E-state index in [0.717, 1.165) is 30.8 Å². The lowest BCUT2D eigenvalue weighted by molar-refractivity contribution is -0.123. The maximum Gasteiger partial charge on any atom is 0.231 e. The Kier molecular flexibility index (Phi) is 2.97. The van der Waals surface area contributed by atoms with Gasteiger partial charge in [0.25, 0.3) is 0 Å². The second-order valence-electron chi connectivity index (χ2n) is 4.81. The molecule has 86 valence electrons. The summed E-state index contributed by atoms with van der Waals surface area (Å²) in [5, 5.41) is 6.22. The van der Waals surface area contributed by atoms with E-state index in [4.69, 9.17) is 0 Å². The van der Waals surface area contributed by atoms with Gasteiger partial charge in [0.2, 0.25) is 5.91 Å². The molecule has 1 aliphatic rings. The van der Waals surface area contributed by atoms with E-state index in [2.05, 4.69) is 10.6 Å². The molecule has 0 aliphatic carbocycles. The molecule has 1 aliphatic heterocycles. The minimum atomic E-state index is -0.260. The predicted octanol–water partition coefficient (Wildman–Crippen LogP) is 1.93. The summed E-state index contributed by atoms with van der Waals surface area (Å²) in [6.45, 7) is 5.73. The number of rotatable bonds is 2. The zero-order valence-electron chi connectivity index (χ0n) is 9.84. The van der Waals surface area contributed by atoms with E-state index in [1.54, 1.807) is 0 Å². The summed E-state index contributed by atoms with van der Waals surface area (Å²) in [5.74, 6) is 0.114. The molecule has 0 bridgehead atoms. The summed E-state index contributed by atoms with van der Waals surface area (Å²) in [6.07, 6.45) is 0.907. The first-order chi connectivity index (χ1) is 7.60. The number of nitrogens with one attached hydrogen (secondary N) is 2. The van der Waals surface area contributed by atoms with E-state index in [1.807, 2.05) is 38.1 Å². The monoisotopic (exact) mass is 218 g/mol. The van der Waals surface area contributed by atoms with Crippen molar-refractivity contribution in [2.24, 2.45) is 5.41 Å². The molecule has 1 heterocycles. The molecular formula is C13H18N2O. The lowest BCUT2D eigenvalue weighted by atomic mass is 9.88. The highest BCUT2D eigenvalue weighted by Crippen LogP contribution is 2.26. The Morgan fingerprint density at radius 2 is 2.31 bits per heavy atom. The lowest BCUT2D eigenvalue weighted by Crippen LogP contribution is -2.35. The molecule has 0 aromatic heterocycles. The van der Waals surface area contributed by atoms with Gasteiger partial charge in [0.05, 0.1) is 5.41 Å². The number of hydrogen-bond donors (Lipinski definition) is 2. The molecule has 1 aromatic carbocycles. The minimum Gasteiger partial charge on any atom is -0.326 e. The van der Waals surface area contributed by atoms with Gasteiger partial charge in [0, 0.05) is 12.2 Å². The van der Waals surface area contributed by atoms with Crippen LogP contribution in [0.15, 0.2) is 24.3 Å². The van der Waals surface area contributed by atoms with Crippen LogP contribution in [0.3, 0.4) is 0 Å². The van der Waals surface area contributed by atoms with Crippen LogP contribution < -0.4 is 10.6 Å². The smallest absolute Gasteiger partial charge is 0.231 e. The second-order valence-corrected chi connectivity index (χ2v) is 4.81. The van der Waals surface area contributed by atoms with E-state index in [9.17, 15) is 4.79 Å². The molecule has 16 heavy (non-hydrogen) atoms. The topological polar surface area (TPSA) is 41.1 Å². The molecule has 1 unspecified atom stereocenters. The third-order valence-corrected chi connectivity index (χ3v) is 3.19. The van der Waals surface area contributed by atoms with E-state index in [1.165, 1.54) is 0 Å². The molecule has 0 saturated carbocycles. The van der Waals surface area contributed by atoms with Gasteiger partial charge in [-0.25, -0.2) is 0 Å². The SMILES string of the molecule is Cc1cccc(NC(=O)C2(C)CCNC2)c1. The fourth-order valence-corrected chi connectivity index (χ4v) is 2.02. The Morgan fingerprint density at radius 1 is 1.50 bits per heavy atom. The number of aryl methyl sites for hydroxylation is 1. The van der Waals surface area contributed by atoms with Crippen molar-refractivity contribution in [3.63, 3.8) is 0 Å². The number of carbonyl (C=O) groups is 1. The number of amides is 1. The van der Waals surface area contributed by atoms with Crippen molar-refractivity contribution >= 4 is 11.6 Å². The Labute approximate surface area is 96.2 Å². The molecular weight excluding hydrogens is 200 g/mol. The van der Waals surface area contributed by atoms with E-state index in [-0.39, 0.29) is 11.3 Å². The highest BCUT2D eigenvalue weighted by molar-refractivity contribution is 5.95. The van der Waals surface area contributed by atoms with Gasteiger partial charge in [-0.2, -0.15) is 0 Å². The zero-order valence-corrected chi connectivity index (χ0v) is 9.84. The van der Waals surface area contributed by atoms with Gasteiger partial charge >= 0.3 is 0 Å². The fraction of sp³-hybridized carbons (Fsp3) is 0.462. The van der Waals surface area contributed by atoms with Gasteiger partial charge in [-0.1, -0.05) is 12.1 Å². The van der Waals surface area contributed by atoms with Crippen molar-refractivity contribution in [3.05, 3.63) is 29.8 Å². The summed E-state index contributed by atoms with van der Waals surface area (Å²) in [5.41, 5.74) is 1.79. The van der Waals surface area contributed by atoms with Gasteiger partial charge in [-0.05, 0) is 44.5 Å². The lowest BCUT2D eigenvalue weighted by Gasteiger charge is -2.21. The molecule has 1 amide bonds. The summed E-state index contributed by atoms with van der Waals surface area (Å²) < 4.78 is 0. The normalized spacial score (nSPS) is 24.4. The average Bonchev–Trinajstić information content (AvgIpc) is 2.66. The van der Waals surface area contributed by atoms with Crippen molar-refractivity contribution in [1.82, 2.24) is 5.32 Å². The highest BCUT2D eigenvalue weighted by atomic mass is 16.2. The van der Waals surface area contributed by atoms with Crippen molar-refractivity contribution in [3.8, 4) is 0 Å². The zero-order chi connectivity index (χ0) is 11.6. The van der Waals surface area contributed by atoms with Gasteiger partial charge < -0.3 is 10.6 Å². The second kappa shape index (κ2) is 4.26. The van der Waals surface area contributed by atoms with E-state index >= 15 is 0 Å². The van der Waals surface area contributed by atoms with Crippen LogP contribution in [-0.4, -0.2) is 19.0 Å². The van der Waals surface area contributed by atoms with Crippen LogP contribution in [0, 0.1) is 12.3 Å². The summed E-state index contributed by atoms with van der Waals surface area (Å²) in [4.78, 5) is 12.1. The minimum absolute atomic E-state index is 0.114. The Bertz CT molecular complexity index is 395. The van der Waals surface area contributed by atoms with Crippen LogP contribution in [0.2, 0.25) is 0 Å². The first kappa shape index (κ1) is 11.1. The van der Waals surface area contributed by atoms with Crippen LogP contribution in [0.4, 0.5) is 5.69 Å². The maximum absolute atomic E-state index is 12.1. The number of hydrogen-bond acceptors (Lipinski definition) is 2. The third kappa shape index (κ3) is 2.25. The van der Waals surface area contributed by atoms with Crippen molar-refractivity contribution < 1.29 is 4.79 Å². The average molecular weight is 218 g/mol. The first-order valence-corrected chi connectivity index (χ1v) is 5.69. The van der Waals surface area contributed by atoms with Crippen LogP contribution >= 0.6 is 0 Å². The molecule has 2 rings (SSSR count). The Hall–Kier alpha value is -1.35. The van der Waals surface area contributed by atoms with E-state index < -0.39 is 0 Å². The largest absolute Gasteiger partial charge is 0.326 e. The van der Waals surface area contributed by atoms with Gasteiger partial charge in [-0.3, -0.25) is 4.79 Å². The van der Waals surface area contributed by atoms with Crippen LogP contribution in [-0.2, 0) is 4.79 Å². The van der Waals surface area contributed by atoms with Gasteiger partial charge in [-0.15, -0.1) is 0 Å². The van der Waals surface area contributed by atoms with Gasteiger partial charge in [0.15, 0.2) is 0 Å². The molecule has 0 radical (unpaired) electrons. The predicted molar refractivity (Wildman–Crippen MR) is 65.4 cm³/mol. The van der Waals surface area contributed by atoms with Crippen LogP contribution in [0.25, 0.3) is 0 Å². The number of carbonyl (C=O) groups excluding carboxylic acids is 1. The molecule has 1 saturated heterocycles. The summed E-state index contributed by atoms with van der Waals surface area (Å²) >= 11 is 0. The maximum atomic E-state index is 12.1. The van der Waals surface area contributed by atoms with Crippen molar-refractivity contribution in [2.45, 2.75) is 20.3 Å². The van der Waals surface area contributed by atoms with Gasteiger partial charge in [0.1, 0.15) is 0 Å². The van der Waals surface area contributed by atoms with Crippen molar-refractivity contribution in [2.75, 3.05) is 18.4 Å². The Balaban J connectivity index is 2.07. The Morgan fingerprint density at radius 3 is 2.94 bits per heavy atom. The summed E-state index contributed by atoms with van der Waals surface area (Å²) in [7, 11) is 0. The number of benzene rings is 1.